The molecule has 0 aromatic carbocycles. The van der Waals surface area contributed by atoms with E-state index in [0.29, 0.717) is 17.0 Å². The van der Waals surface area contributed by atoms with Crippen LogP contribution in [0.5, 0.6) is 0 Å². The lowest BCUT2D eigenvalue weighted by Gasteiger charge is -2.39. The summed E-state index contributed by atoms with van der Waals surface area (Å²) < 4.78 is 1.63. The molecular weight excluding hydrogens is 330 g/mol. The number of piperidine rings is 1. The number of nitrogens with zero attached hydrogens (tertiary/aromatic N) is 6. The quantitative estimate of drug-likeness (QED) is 0.776. The van der Waals surface area contributed by atoms with Crippen LogP contribution in [0, 0.1) is 5.41 Å². The Labute approximate surface area is 151 Å². The van der Waals surface area contributed by atoms with Crippen LogP contribution >= 0.6 is 0 Å². The summed E-state index contributed by atoms with van der Waals surface area (Å²) in [6.07, 6.45) is 8.36. The summed E-state index contributed by atoms with van der Waals surface area (Å²) in [5.74, 6) is 0.455. The number of nitrogens with one attached hydrogen (secondary N) is 1. The van der Waals surface area contributed by atoms with Gasteiger partial charge in [-0.15, -0.1) is 0 Å². The number of aromatic nitrogens is 5. The molecule has 8 nitrogen and oxygen atoms in total. The van der Waals surface area contributed by atoms with Gasteiger partial charge < -0.3 is 10.2 Å². The van der Waals surface area contributed by atoms with Gasteiger partial charge in [0.1, 0.15) is 0 Å². The van der Waals surface area contributed by atoms with Crippen molar-refractivity contribution in [3.63, 3.8) is 0 Å². The fraction of sp³-hybridized carbons (Fsp3) is 0.389. The van der Waals surface area contributed by atoms with Crippen molar-refractivity contribution in [1.82, 2.24) is 24.7 Å². The first-order chi connectivity index (χ1) is 12.6. The van der Waals surface area contributed by atoms with Gasteiger partial charge in [-0.3, -0.25) is 9.78 Å². The van der Waals surface area contributed by atoms with Crippen molar-refractivity contribution in [2.24, 2.45) is 12.5 Å². The van der Waals surface area contributed by atoms with Gasteiger partial charge in [0, 0.05) is 50.6 Å². The Kier molecular flexibility index (Phi) is 4.02. The van der Waals surface area contributed by atoms with Gasteiger partial charge in [0.2, 0.25) is 5.91 Å². The van der Waals surface area contributed by atoms with E-state index in [1.165, 1.54) is 0 Å². The topological polar surface area (TPSA) is 88.8 Å². The van der Waals surface area contributed by atoms with Gasteiger partial charge in [0.15, 0.2) is 17.0 Å². The molecular formula is C18H21N7O. The highest BCUT2D eigenvalue weighted by Crippen LogP contribution is 2.34. The number of pyridine rings is 1. The van der Waals surface area contributed by atoms with E-state index in [0.717, 1.165) is 31.6 Å². The maximum atomic E-state index is 12.9. The zero-order chi connectivity index (χ0) is 18.1. The molecule has 134 valence electrons. The van der Waals surface area contributed by atoms with Gasteiger partial charge in [-0.25, -0.2) is 14.6 Å². The SMILES string of the molecule is Cn1nc(NC(=O)C2(C)CCN(c3ccncc3)CC2)c2nccnc21. The predicted octanol–water partition coefficient (Wildman–Crippen LogP) is 2.00. The Bertz CT molecular complexity index is 929. The number of fused-ring (bicyclic) bond motifs is 1. The average Bonchev–Trinajstić information content (AvgIpc) is 2.99. The van der Waals surface area contributed by atoms with Gasteiger partial charge in [-0.1, -0.05) is 6.92 Å². The summed E-state index contributed by atoms with van der Waals surface area (Å²) in [4.78, 5) is 27.9. The first-order valence-electron chi connectivity index (χ1n) is 8.67. The minimum absolute atomic E-state index is 0.0162. The Morgan fingerprint density at radius 3 is 2.54 bits per heavy atom. The summed E-state index contributed by atoms with van der Waals surface area (Å²) in [5, 5.41) is 7.33. The third kappa shape index (κ3) is 2.87. The minimum atomic E-state index is -0.435. The van der Waals surface area contributed by atoms with Crippen LogP contribution < -0.4 is 10.2 Å². The molecule has 0 atom stereocenters. The molecule has 0 spiro atoms. The number of carbonyl (C=O) groups is 1. The van der Waals surface area contributed by atoms with Crippen molar-refractivity contribution < 1.29 is 4.79 Å². The molecule has 1 fully saturated rings. The number of rotatable bonds is 3. The molecule has 1 amide bonds. The maximum absolute atomic E-state index is 12.9. The molecule has 0 bridgehead atoms. The Morgan fingerprint density at radius 1 is 1.12 bits per heavy atom. The monoisotopic (exact) mass is 351 g/mol. The van der Waals surface area contributed by atoms with Crippen LogP contribution in [0.4, 0.5) is 11.5 Å². The average molecular weight is 351 g/mol. The Hall–Kier alpha value is -3.03. The van der Waals surface area contributed by atoms with Crippen LogP contribution in [0.25, 0.3) is 11.2 Å². The van der Waals surface area contributed by atoms with E-state index in [9.17, 15) is 4.79 Å². The lowest BCUT2D eigenvalue weighted by molar-refractivity contribution is -0.125. The second-order valence-electron chi connectivity index (χ2n) is 6.91. The number of amides is 1. The van der Waals surface area contributed by atoms with E-state index in [2.05, 4.69) is 30.3 Å². The van der Waals surface area contributed by atoms with E-state index < -0.39 is 5.41 Å². The third-order valence-corrected chi connectivity index (χ3v) is 5.13. The van der Waals surface area contributed by atoms with Crippen LogP contribution in [-0.4, -0.2) is 43.7 Å². The molecule has 26 heavy (non-hydrogen) atoms. The standard InChI is InChI=1S/C18H21N7O/c1-18(5-11-25(12-6-18)13-3-7-19-8-4-13)17(26)22-15-14-16(24(2)23-15)21-10-9-20-14/h3-4,7-10H,5-6,11-12H2,1-2H3,(H,22,23,26). The van der Waals surface area contributed by atoms with E-state index in [-0.39, 0.29) is 5.91 Å². The molecule has 3 aromatic rings. The maximum Gasteiger partial charge on any atom is 0.231 e. The lowest BCUT2D eigenvalue weighted by atomic mass is 9.79. The van der Waals surface area contributed by atoms with Gasteiger partial charge >= 0.3 is 0 Å². The van der Waals surface area contributed by atoms with Crippen LogP contribution in [-0.2, 0) is 11.8 Å². The van der Waals surface area contributed by atoms with Gasteiger partial charge in [0.05, 0.1) is 5.41 Å². The zero-order valence-electron chi connectivity index (χ0n) is 14.9. The van der Waals surface area contributed by atoms with E-state index in [1.54, 1.807) is 36.5 Å². The molecule has 0 unspecified atom stereocenters. The van der Waals surface area contributed by atoms with Crippen molar-refractivity contribution >= 4 is 28.6 Å². The molecule has 1 aliphatic rings. The van der Waals surface area contributed by atoms with Crippen molar-refractivity contribution in [3.05, 3.63) is 36.9 Å². The lowest BCUT2D eigenvalue weighted by Crippen LogP contribution is -2.45. The van der Waals surface area contributed by atoms with E-state index in [1.807, 2.05) is 19.1 Å². The summed E-state index contributed by atoms with van der Waals surface area (Å²) in [6, 6.07) is 4.00. The molecule has 8 heteroatoms. The van der Waals surface area contributed by atoms with E-state index >= 15 is 0 Å². The van der Waals surface area contributed by atoms with Crippen molar-refractivity contribution in [1.29, 1.82) is 0 Å². The molecule has 1 N–H and O–H groups in total. The normalized spacial score (nSPS) is 16.6. The molecule has 1 saturated heterocycles. The molecule has 0 aliphatic carbocycles. The minimum Gasteiger partial charge on any atom is -0.371 e. The van der Waals surface area contributed by atoms with Gasteiger partial charge in [0.25, 0.3) is 0 Å². The number of anilines is 2. The summed E-state index contributed by atoms with van der Waals surface area (Å²) in [5.41, 5.74) is 1.98. The van der Waals surface area contributed by atoms with Crippen LogP contribution in [0.1, 0.15) is 19.8 Å². The van der Waals surface area contributed by atoms with Crippen molar-refractivity contribution in [2.75, 3.05) is 23.3 Å². The third-order valence-electron chi connectivity index (χ3n) is 5.13. The highest BCUT2D eigenvalue weighted by molar-refractivity contribution is 5.99. The molecule has 0 saturated carbocycles. The Morgan fingerprint density at radius 2 is 1.81 bits per heavy atom. The molecule has 4 heterocycles. The molecule has 1 aliphatic heterocycles. The van der Waals surface area contributed by atoms with Crippen molar-refractivity contribution in [3.8, 4) is 0 Å². The smallest absolute Gasteiger partial charge is 0.231 e. The second kappa shape index (κ2) is 6.36. The number of carbonyl (C=O) groups excluding carboxylic acids is 1. The number of aryl methyl sites for hydroxylation is 1. The molecule has 0 radical (unpaired) electrons. The van der Waals surface area contributed by atoms with E-state index in [4.69, 9.17) is 0 Å². The first kappa shape index (κ1) is 16.4. The van der Waals surface area contributed by atoms with Crippen LogP contribution in [0.15, 0.2) is 36.9 Å². The zero-order valence-corrected chi connectivity index (χ0v) is 14.9. The van der Waals surface area contributed by atoms with Gasteiger partial charge in [-0.2, -0.15) is 5.10 Å². The predicted molar refractivity (Wildman–Crippen MR) is 98.7 cm³/mol. The molecule has 3 aromatic heterocycles. The number of hydrogen-bond donors (Lipinski definition) is 1. The highest BCUT2D eigenvalue weighted by atomic mass is 16.2. The highest BCUT2D eigenvalue weighted by Gasteiger charge is 2.37. The summed E-state index contributed by atoms with van der Waals surface area (Å²) in [7, 11) is 1.79. The second-order valence-corrected chi connectivity index (χ2v) is 6.91. The summed E-state index contributed by atoms with van der Waals surface area (Å²) in [6.45, 7) is 3.68. The molecule has 4 rings (SSSR count). The Balaban J connectivity index is 1.48. The summed E-state index contributed by atoms with van der Waals surface area (Å²) >= 11 is 0. The van der Waals surface area contributed by atoms with Crippen molar-refractivity contribution in [2.45, 2.75) is 19.8 Å². The first-order valence-corrected chi connectivity index (χ1v) is 8.67. The fourth-order valence-corrected chi connectivity index (χ4v) is 3.36. The van der Waals surface area contributed by atoms with Crippen LogP contribution in [0.2, 0.25) is 0 Å². The van der Waals surface area contributed by atoms with Gasteiger partial charge in [-0.05, 0) is 25.0 Å². The number of hydrogen-bond acceptors (Lipinski definition) is 6. The fourth-order valence-electron chi connectivity index (χ4n) is 3.36. The van der Waals surface area contributed by atoms with Crippen LogP contribution in [0.3, 0.4) is 0 Å². The largest absolute Gasteiger partial charge is 0.371 e.